The molecule has 3 aliphatic heterocycles. The molecule has 0 saturated carbocycles. The fourth-order valence-corrected chi connectivity index (χ4v) is 4.35. The first-order chi connectivity index (χ1) is 13.4. The van der Waals surface area contributed by atoms with E-state index in [9.17, 15) is 14.4 Å². The molecule has 150 valence electrons. The Balaban J connectivity index is 1.48. The zero-order valence-corrected chi connectivity index (χ0v) is 16.3. The van der Waals surface area contributed by atoms with Gasteiger partial charge >= 0.3 is 6.09 Å². The van der Waals surface area contributed by atoms with Gasteiger partial charge in [0.15, 0.2) is 6.10 Å². The topological polar surface area (TPSA) is 88.2 Å². The van der Waals surface area contributed by atoms with E-state index < -0.39 is 17.7 Å². The van der Waals surface area contributed by atoms with E-state index in [0.717, 1.165) is 0 Å². The van der Waals surface area contributed by atoms with Crippen LogP contribution in [0.2, 0.25) is 5.02 Å². The number of rotatable bonds is 2. The number of halogens is 1. The first kappa shape index (κ1) is 19.0. The van der Waals surface area contributed by atoms with E-state index in [1.165, 1.54) is 0 Å². The highest BCUT2D eigenvalue weighted by Gasteiger charge is 2.48. The minimum atomic E-state index is -0.847. The molecule has 0 aromatic heterocycles. The number of likely N-dealkylation sites (tertiary alicyclic amines) is 1. The van der Waals surface area contributed by atoms with Gasteiger partial charge in [-0.15, -0.1) is 0 Å². The lowest BCUT2D eigenvalue weighted by Gasteiger charge is -2.40. The number of ether oxygens (including phenoxy) is 2. The summed E-state index contributed by atoms with van der Waals surface area (Å²) in [4.78, 5) is 40.0. The maximum atomic E-state index is 13.2. The molecule has 28 heavy (non-hydrogen) atoms. The number of nitrogens with one attached hydrogen (secondary N) is 1. The molecule has 2 atom stereocenters. The Hall–Kier alpha value is -2.32. The summed E-state index contributed by atoms with van der Waals surface area (Å²) in [7, 11) is 1.71. The Morgan fingerprint density at radius 3 is 2.61 bits per heavy atom. The van der Waals surface area contributed by atoms with Crippen LogP contribution in [0.3, 0.4) is 0 Å². The van der Waals surface area contributed by atoms with Gasteiger partial charge in [0.25, 0.3) is 5.91 Å². The molecular weight excluding hydrogens is 386 g/mol. The van der Waals surface area contributed by atoms with Crippen LogP contribution in [0.25, 0.3) is 0 Å². The number of likely N-dealkylation sites (N-methyl/N-ethyl adjacent to an activating group) is 1. The predicted molar refractivity (Wildman–Crippen MR) is 99.7 cm³/mol. The molecule has 9 heteroatoms. The molecule has 0 radical (unpaired) electrons. The van der Waals surface area contributed by atoms with Crippen molar-refractivity contribution in [3.8, 4) is 0 Å². The molecule has 1 spiro atoms. The van der Waals surface area contributed by atoms with Gasteiger partial charge in [-0.2, -0.15) is 0 Å². The molecule has 3 saturated heterocycles. The first-order valence-electron chi connectivity index (χ1n) is 9.27. The molecule has 4 rings (SSSR count). The summed E-state index contributed by atoms with van der Waals surface area (Å²) < 4.78 is 11.2. The maximum absolute atomic E-state index is 13.2. The summed E-state index contributed by atoms with van der Waals surface area (Å²) >= 11 is 6.29. The molecule has 1 aromatic carbocycles. The summed E-state index contributed by atoms with van der Waals surface area (Å²) in [6, 6.07) is 6.45. The Bertz CT molecular complexity index is 809. The molecule has 1 N–H and O–H groups in total. The number of benzene rings is 1. The Morgan fingerprint density at radius 1 is 1.25 bits per heavy atom. The van der Waals surface area contributed by atoms with Crippen LogP contribution in [0.4, 0.5) is 4.79 Å². The molecule has 3 amide bonds. The monoisotopic (exact) mass is 407 g/mol. The van der Waals surface area contributed by atoms with Crippen LogP contribution in [-0.4, -0.2) is 72.7 Å². The van der Waals surface area contributed by atoms with Crippen molar-refractivity contribution in [2.75, 3.05) is 33.3 Å². The van der Waals surface area contributed by atoms with E-state index in [1.807, 2.05) is 0 Å². The van der Waals surface area contributed by atoms with Gasteiger partial charge in [0, 0.05) is 38.0 Å². The quantitative estimate of drug-likeness (QED) is 0.799. The zero-order valence-electron chi connectivity index (χ0n) is 15.5. The van der Waals surface area contributed by atoms with Crippen LogP contribution in [0.15, 0.2) is 24.3 Å². The van der Waals surface area contributed by atoms with Gasteiger partial charge in [-0.25, -0.2) is 4.79 Å². The van der Waals surface area contributed by atoms with E-state index >= 15 is 0 Å². The molecule has 3 heterocycles. The second-order valence-corrected chi connectivity index (χ2v) is 7.94. The third kappa shape index (κ3) is 3.42. The number of hydrogen-bond acceptors (Lipinski definition) is 5. The highest BCUT2D eigenvalue weighted by Crippen LogP contribution is 2.34. The van der Waals surface area contributed by atoms with Gasteiger partial charge in [0.1, 0.15) is 12.2 Å². The first-order valence-corrected chi connectivity index (χ1v) is 9.65. The normalized spacial score (nSPS) is 26.9. The van der Waals surface area contributed by atoms with E-state index in [4.69, 9.17) is 21.1 Å². The van der Waals surface area contributed by atoms with E-state index in [2.05, 4.69) is 5.32 Å². The highest BCUT2D eigenvalue weighted by molar-refractivity contribution is 6.31. The van der Waals surface area contributed by atoms with Gasteiger partial charge in [0.05, 0.1) is 12.6 Å². The van der Waals surface area contributed by atoms with Gasteiger partial charge in [0.2, 0.25) is 5.91 Å². The minimum absolute atomic E-state index is 0.169. The van der Waals surface area contributed by atoms with Crippen molar-refractivity contribution >= 4 is 29.5 Å². The smallest absolute Gasteiger partial charge is 0.410 e. The van der Waals surface area contributed by atoms with E-state index in [1.54, 1.807) is 41.1 Å². The standard InChI is InChI=1S/C19H22ClN3O5/c1-22-11-19(28-18(22)26)6-8-23(9-7-19)17(25)16-15(21-14(24)10-27-16)12-4-2-3-5-13(12)20/h2-5,15-16H,6-11H2,1H3,(H,21,24)/t15-,16+/m1/s1. The average Bonchev–Trinajstić information content (AvgIpc) is 2.95. The summed E-state index contributed by atoms with van der Waals surface area (Å²) in [5.41, 5.74) is 0.127. The average molecular weight is 408 g/mol. The Kier molecular flexibility index (Phi) is 4.93. The fourth-order valence-electron chi connectivity index (χ4n) is 4.10. The number of hydrogen-bond donors (Lipinski definition) is 1. The Morgan fingerprint density at radius 2 is 1.96 bits per heavy atom. The largest absolute Gasteiger partial charge is 0.441 e. The maximum Gasteiger partial charge on any atom is 0.410 e. The third-order valence-electron chi connectivity index (χ3n) is 5.62. The predicted octanol–water partition coefficient (Wildman–Crippen LogP) is 1.34. The summed E-state index contributed by atoms with van der Waals surface area (Å²) in [5, 5.41) is 3.30. The van der Waals surface area contributed by atoms with Crippen molar-refractivity contribution in [1.82, 2.24) is 15.1 Å². The molecule has 3 aliphatic rings. The van der Waals surface area contributed by atoms with E-state index in [0.29, 0.717) is 43.1 Å². The van der Waals surface area contributed by atoms with Crippen LogP contribution < -0.4 is 5.32 Å². The Labute approximate surface area is 167 Å². The van der Waals surface area contributed by atoms with Gasteiger partial charge < -0.3 is 24.6 Å². The molecule has 8 nitrogen and oxygen atoms in total. The van der Waals surface area contributed by atoms with Crippen molar-refractivity contribution in [2.45, 2.75) is 30.6 Å². The number of carbonyl (C=O) groups excluding carboxylic acids is 3. The van der Waals surface area contributed by atoms with Crippen LogP contribution >= 0.6 is 11.6 Å². The van der Waals surface area contributed by atoms with Crippen molar-refractivity contribution in [3.63, 3.8) is 0 Å². The van der Waals surface area contributed by atoms with Crippen LogP contribution in [0.5, 0.6) is 0 Å². The molecule has 3 fully saturated rings. The minimum Gasteiger partial charge on any atom is -0.441 e. The number of amides is 3. The lowest BCUT2D eigenvalue weighted by atomic mass is 9.90. The lowest BCUT2D eigenvalue weighted by molar-refractivity contribution is -0.157. The second kappa shape index (κ2) is 7.25. The zero-order chi connectivity index (χ0) is 19.9. The number of morpholine rings is 1. The van der Waals surface area contributed by atoms with Crippen LogP contribution in [0, 0.1) is 0 Å². The molecule has 0 bridgehead atoms. The second-order valence-electron chi connectivity index (χ2n) is 7.53. The van der Waals surface area contributed by atoms with Gasteiger partial charge in [-0.1, -0.05) is 29.8 Å². The summed E-state index contributed by atoms with van der Waals surface area (Å²) in [6.07, 6.45) is -0.0210. The van der Waals surface area contributed by atoms with Crippen LogP contribution in [-0.2, 0) is 19.1 Å². The van der Waals surface area contributed by atoms with Crippen molar-refractivity contribution in [3.05, 3.63) is 34.9 Å². The third-order valence-corrected chi connectivity index (χ3v) is 5.97. The SMILES string of the molecule is CN1CC2(CCN(C(=O)[C@H]3OCC(=O)N[C@@H]3c3ccccc3Cl)CC2)OC1=O. The lowest BCUT2D eigenvalue weighted by Crippen LogP contribution is -2.56. The number of carbonyl (C=O) groups is 3. The summed E-state index contributed by atoms with van der Waals surface area (Å²) in [6.45, 7) is 1.29. The molecule has 0 unspecified atom stereocenters. The van der Waals surface area contributed by atoms with Crippen molar-refractivity contribution in [2.24, 2.45) is 0 Å². The number of piperidine rings is 1. The van der Waals surface area contributed by atoms with Crippen molar-refractivity contribution < 1.29 is 23.9 Å². The molecule has 1 aromatic rings. The van der Waals surface area contributed by atoms with Crippen molar-refractivity contribution in [1.29, 1.82) is 0 Å². The fraction of sp³-hybridized carbons (Fsp3) is 0.526. The molecule has 0 aliphatic carbocycles. The van der Waals surface area contributed by atoms with Gasteiger partial charge in [-0.3, -0.25) is 9.59 Å². The highest BCUT2D eigenvalue weighted by atomic mass is 35.5. The van der Waals surface area contributed by atoms with Crippen LogP contribution in [0.1, 0.15) is 24.4 Å². The number of nitrogens with zero attached hydrogens (tertiary/aromatic N) is 2. The van der Waals surface area contributed by atoms with E-state index in [-0.39, 0.29) is 24.5 Å². The molecular formula is C19H22ClN3O5. The summed E-state index contributed by atoms with van der Waals surface area (Å²) in [5.74, 6) is -0.482. The van der Waals surface area contributed by atoms with Gasteiger partial charge in [-0.05, 0) is 11.6 Å².